The van der Waals surface area contributed by atoms with Crippen LogP contribution >= 0.6 is 0 Å². The summed E-state index contributed by atoms with van der Waals surface area (Å²) in [6.45, 7) is 5.51. The minimum Gasteiger partial charge on any atom is -0.476 e. The summed E-state index contributed by atoms with van der Waals surface area (Å²) in [5, 5.41) is 11.5. The number of carbonyl (C=O) groups is 2. The van der Waals surface area contributed by atoms with Gasteiger partial charge >= 0.3 is 5.97 Å². The van der Waals surface area contributed by atoms with E-state index in [4.69, 9.17) is 5.11 Å². The van der Waals surface area contributed by atoms with E-state index in [1.54, 1.807) is 19.9 Å². The molecule has 0 radical (unpaired) electrons. The summed E-state index contributed by atoms with van der Waals surface area (Å²) in [5.41, 5.74) is -0.453. The smallest absolute Gasteiger partial charge is 0.356 e. The molecule has 5 heteroatoms. The first-order valence-corrected chi connectivity index (χ1v) is 5.38. The molecule has 1 aromatic heterocycles. The second-order valence-corrected chi connectivity index (χ2v) is 4.40. The third kappa shape index (κ3) is 3.03. The third-order valence-electron chi connectivity index (χ3n) is 2.76. The van der Waals surface area contributed by atoms with Gasteiger partial charge in [-0.1, -0.05) is 20.8 Å². The maximum atomic E-state index is 11.9. The minimum absolute atomic E-state index is 0.146. The molecule has 0 aliphatic carbocycles. The SMILES string of the molecule is CCC(C)(C)C(=O)Nc1cccnc1C(=O)O. The first-order valence-electron chi connectivity index (χ1n) is 5.38. The molecule has 0 aromatic carbocycles. The Morgan fingerprint density at radius 3 is 2.65 bits per heavy atom. The Bertz CT molecular complexity index is 441. The Morgan fingerprint density at radius 1 is 1.47 bits per heavy atom. The molecule has 1 aromatic rings. The van der Waals surface area contributed by atoms with Gasteiger partial charge in [0.1, 0.15) is 0 Å². The zero-order chi connectivity index (χ0) is 13.1. The Labute approximate surface area is 99.9 Å². The van der Waals surface area contributed by atoms with Crippen LogP contribution in [0.3, 0.4) is 0 Å². The highest BCUT2D eigenvalue weighted by atomic mass is 16.4. The zero-order valence-corrected chi connectivity index (χ0v) is 10.2. The quantitative estimate of drug-likeness (QED) is 0.839. The van der Waals surface area contributed by atoms with E-state index >= 15 is 0 Å². The molecule has 0 saturated heterocycles. The number of aromatic nitrogens is 1. The molecule has 0 saturated carbocycles. The van der Waals surface area contributed by atoms with Gasteiger partial charge in [-0.3, -0.25) is 4.79 Å². The number of carbonyl (C=O) groups excluding carboxylic acids is 1. The molecule has 5 nitrogen and oxygen atoms in total. The molecule has 0 spiro atoms. The Balaban J connectivity index is 2.97. The molecule has 1 heterocycles. The molecular weight excluding hydrogens is 220 g/mol. The molecule has 17 heavy (non-hydrogen) atoms. The molecule has 0 atom stereocenters. The number of amides is 1. The molecule has 1 amide bonds. The summed E-state index contributed by atoms with van der Waals surface area (Å²) in [5.74, 6) is -1.37. The average molecular weight is 236 g/mol. The number of nitrogens with zero attached hydrogens (tertiary/aromatic N) is 1. The summed E-state index contributed by atoms with van der Waals surface area (Å²) < 4.78 is 0. The van der Waals surface area contributed by atoms with Crippen molar-refractivity contribution in [2.45, 2.75) is 27.2 Å². The van der Waals surface area contributed by atoms with Crippen molar-refractivity contribution in [3.63, 3.8) is 0 Å². The van der Waals surface area contributed by atoms with Crippen LogP contribution in [0.5, 0.6) is 0 Å². The Hall–Kier alpha value is -1.91. The van der Waals surface area contributed by atoms with E-state index in [0.29, 0.717) is 6.42 Å². The number of carboxylic acids is 1. The fraction of sp³-hybridized carbons (Fsp3) is 0.417. The predicted molar refractivity (Wildman–Crippen MR) is 63.9 cm³/mol. The summed E-state index contributed by atoms with van der Waals surface area (Å²) in [6, 6.07) is 3.11. The monoisotopic (exact) mass is 236 g/mol. The van der Waals surface area contributed by atoms with Gasteiger partial charge in [0.25, 0.3) is 0 Å². The maximum absolute atomic E-state index is 11.9. The van der Waals surface area contributed by atoms with E-state index in [2.05, 4.69) is 10.3 Å². The molecule has 0 fully saturated rings. The van der Waals surface area contributed by atoms with Crippen LogP contribution in [0, 0.1) is 5.41 Å². The summed E-state index contributed by atoms with van der Waals surface area (Å²) in [7, 11) is 0. The molecule has 0 bridgehead atoms. The van der Waals surface area contributed by atoms with Gasteiger partial charge in [-0.2, -0.15) is 0 Å². The number of nitrogens with one attached hydrogen (secondary N) is 1. The first-order chi connectivity index (χ1) is 7.88. The van der Waals surface area contributed by atoms with E-state index in [9.17, 15) is 9.59 Å². The van der Waals surface area contributed by atoms with E-state index in [1.807, 2.05) is 6.92 Å². The van der Waals surface area contributed by atoms with Crippen LogP contribution in [0.1, 0.15) is 37.7 Å². The second kappa shape index (κ2) is 4.95. The van der Waals surface area contributed by atoms with Crippen molar-refractivity contribution in [3.05, 3.63) is 24.0 Å². The van der Waals surface area contributed by atoms with Gasteiger partial charge in [0.15, 0.2) is 5.69 Å². The number of rotatable bonds is 4. The van der Waals surface area contributed by atoms with Gasteiger partial charge in [0.2, 0.25) is 5.91 Å². The van der Waals surface area contributed by atoms with Crippen molar-refractivity contribution >= 4 is 17.6 Å². The molecule has 0 unspecified atom stereocenters. The van der Waals surface area contributed by atoms with Crippen molar-refractivity contribution in [1.29, 1.82) is 0 Å². The highest BCUT2D eigenvalue weighted by molar-refractivity contribution is 6.00. The van der Waals surface area contributed by atoms with E-state index in [1.165, 1.54) is 12.3 Å². The van der Waals surface area contributed by atoms with Gasteiger partial charge < -0.3 is 10.4 Å². The normalized spacial score (nSPS) is 11.0. The summed E-state index contributed by atoms with van der Waals surface area (Å²) >= 11 is 0. The molecular formula is C12H16N2O3. The Morgan fingerprint density at radius 2 is 2.12 bits per heavy atom. The largest absolute Gasteiger partial charge is 0.476 e. The predicted octanol–water partition coefficient (Wildman–Crippen LogP) is 2.15. The minimum atomic E-state index is -1.16. The van der Waals surface area contributed by atoms with Crippen LogP contribution in [0.25, 0.3) is 0 Å². The number of hydrogen-bond acceptors (Lipinski definition) is 3. The summed E-state index contributed by atoms with van der Waals surface area (Å²) in [4.78, 5) is 26.5. The van der Waals surface area contributed by atoms with Crippen LogP contribution in [0.15, 0.2) is 18.3 Å². The molecule has 1 rings (SSSR count). The highest BCUT2D eigenvalue weighted by Crippen LogP contribution is 2.23. The van der Waals surface area contributed by atoms with E-state index in [0.717, 1.165) is 0 Å². The number of pyridine rings is 1. The number of aromatic carboxylic acids is 1. The van der Waals surface area contributed by atoms with Crippen LogP contribution in [0.4, 0.5) is 5.69 Å². The summed E-state index contributed by atoms with van der Waals surface area (Å²) in [6.07, 6.45) is 2.05. The molecule has 0 aliphatic heterocycles. The topological polar surface area (TPSA) is 79.3 Å². The lowest BCUT2D eigenvalue weighted by atomic mass is 9.89. The molecule has 0 aliphatic rings. The fourth-order valence-electron chi connectivity index (χ4n) is 1.13. The number of carboxylic acid groups (broad SMARTS) is 1. The van der Waals surface area contributed by atoms with Gasteiger partial charge in [-0.05, 0) is 18.6 Å². The van der Waals surface area contributed by atoms with E-state index in [-0.39, 0.29) is 17.3 Å². The lowest BCUT2D eigenvalue weighted by molar-refractivity contribution is -0.124. The number of anilines is 1. The second-order valence-electron chi connectivity index (χ2n) is 4.40. The number of hydrogen-bond donors (Lipinski definition) is 2. The van der Waals surface area contributed by atoms with Gasteiger partial charge in [0, 0.05) is 11.6 Å². The lowest BCUT2D eigenvalue weighted by Crippen LogP contribution is -2.30. The van der Waals surface area contributed by atoms with Gasteiger partial charge in [-0.15, -0.1) is 0 Å². The molecule has 92 valence electrons. The first kappa shape index (κ1) is 13.2. The zero-order valence-electron chi connectivity index (χ0n) is 10.2. The van der Waals surface area contributed by atoms with Gasteiger partial charge in [0.05, 0.1) is 5.69 Å². The maximum Gasteiger partial charge on any atom is 0.356 e. The highest BCUT2D eigenvalue weighted by Gasteiger charge is 2.26. The lowest BCUT2D eigenvalue weighted by Gasteiger charge is -2.21. The van der Waals surface area contributed by atoms with Crippen molar-refractivity contribution in [2.75, 3.05) is 5.32 Å². The Kier molecular flexibility index (Phi) is 3.83. The fourth-order valence-corrected chi connectivity index (χ4v) is 1.13. The van der Waals surface area contributed by atoms with E-state index < -0.39 is 11.4 Å². The standard InChI is InChI=1S/C12H16N2O3/c1-4-12(2,3)11(17)14-8-6-5-7-13-9(8)10(15)16/h5-7H,4H2,1-3H3,(H,14,17)(H,15,16). The van der Waals surface area contributed by atoms with Crippen molar-refractivity contribution < 1.29 is 14.7 Å². The van der Waals surface area contributed by atoms with Gasteiger partial charge in [-0.25, -0.2) is 9.78 Å². The van der Waals surface area contributed by atoms with Crippen LogP contribution < -0.4 is 5.32 Å². The molecule has 2 N–H and O–H groups in total. The average Bonchev–Trinajstić information content (AvgIpc) is 2.29. The van der Waals surface area contributed by atoms with Crippen molar-refractivity contribution in [2.24, 2.45) is 5.41 Å². The van der Waals surface area contributed by atoms with Crippen LogP contribution in [-0.4, -0.2) is 22.0 Å². The third-order valence-corrected chi connectivity index (χ3v) is 2.76. The van der Waals surface area contributed by atoms with Crippen LogP contribution in [-0.2, 0) is 4.79 Å². The van der Waals surface area contributed by atoms with Crippen molar-refractivity contribution in [3.8, 4) is 0 Å². The van der Waals surface area contributed by atoms with Crippen molar-refractivity contribution in [1.82, 2.24) is 4.98 Å². The van der Waals surface area contributed by atoms with Crippen LogP contribution in [0.2, 0.25) is 0 Å².